The van der Waals surface area contributed by atoms with Gasteiger partial charge in [0.1, 0.15) is 5.82 Å². The molecule has 0 radical (unpaired) electrons. The molecule has 1 atom stereocenters. The van der Waals surface area contributed by atoms with E-state index in [-0.39, 0.29) is 11.6 Å². The second-order valence-corrected chi connectivity index (χ2v) is 8.22. The molecule has 0 aliphatic heterocycles. The van der Waals surface area contributed by atoms with E-state index in [0.717, 1.165) is 33.3 Å². The van der Waals surface area contributed by atoms with Crippen molar-refractivity contribution in [2.45, 2.75) is 12.5 Å². The van der Waals surface area contributed by atoms with Gasteiger partial charge in [-0.2, -0.15) is 0 Å². The van der Waals surface area contributed by atoms with Crippen LogP contribution in [0.1, 0.15) is 27.5 Å². The first-order valence-corrected chi connectivity index (χ1v) is 11.3. The third-order valence-corrected chi connectivity index (χ3v) is 5.98. The Hall–Kier alpha value is -4.09. The highest BCUT2D eigenvalue weighted by Crippen LogP contribution is 2.28. The van der Waals surface area contributed by atoms with Crippen LogP contribution in [-0.2, 0) is 6.42 Å². The maximum atomic E-state index is 13.7. The molecule has 34 heavy (non-hydrogen) atoms. The van der Waals surface area contributed by atoms with E-state index in [9.17, 15) is 9.18 Å². The summed E-state index contributed by atoms with van der Waals surface area (Å²) < 4.78 is 13.2. The van der Waals surface area contributed by atoms with Gasteiger partial charge in [0.25, 0.3) is 0 Å². The van der Waals surface area contributed by atoms with Crippen molar-refractivity contribution < 1.29 is 9.18 Å². The van der Waals surface area contributed by atoms with Gasteiger partial charge in [-0.1, -0.05) is 60.7 Å². The highest BCUT2D eigenvalue weighted by molar-refractivity contribution is 6.11. The van der Waals surface area contributed by atoms with E-state index < -0.39 is 6.04 Å². The molecule has 0 saturated heterocycles. The Morgan fingerprint density at radius 1 is 0.941 bits per heavy atom. The Bertz CT molecular complexity index is 1400. The Morgan fingerprint density at radius 3 is 2.50 bits per heavy atom. The van der Waals surface area contributed by atoms with Crippen molar-refractivity contribution in [3.63, 3.8) is 0 Å². The van der Waals surface area contributed by atoms with Crippen molar-refractivity contribution in [3.8, 4) is 11.3 Å². The van der Waals surface area contributed by atoms with Crippen LogP contribution in [0.2, 0.25) is 0 Å². The zero-order chi connectivity index (χ0) is 23.3. The van der Waals surface area contributed by atoms with Crippen molar-refractivity contribution in [2.24, 2.45) is 0 Å². The molecule has 4 nitrogen and oxygen atoms in total. The number of aromatic nitrogens is 2. The van der Waals surface area contributed by atoms with Crippen LogP contribution in [0.4, 0.5) is 4.39 Å². The minimum absolute atomic E-state index is 0.00198. The number of H-pyrrole nitrogens is 1. The molecule has 168 valence electrons. The van der Waals surface area contributed by atoms with Crippen LogP contribution in [0.3, 0.4) is 0 Å². The van der Waals surface area contributed by atoms with Crippen LogP contribution >= 0.6 is 0 Å². The number of carbonyl (C=O) groups is 1. The van der Waals surface area contributed by atoms with Crippen LogP contribution in [0.15, 0.2) is 103 Å². The molecule has 5 heteroatoms. The predicted octanol–water partition coefficient (Wildman–Crippen LogP) is 6.13. The first-order valence-electron chi connectivity index (χ1n) is 11.3. The first kappa shape index (κ1) is 21.7. The monoisotopic (exact) mass is 449 g/mol. The summed E-state index contributed by atoms with van der Waals surface area (Å²) in [7, 11) is 0. The number of pyridine rings is 1. The molecule has 5 aromatic rings. The number of hydrogen-bond acceptors (Lipinski definition) is 3. The largest absolute Gasteiger partial charge is 0.360 e. The van der Waals surface area contributed by atoms with Crippen molar-refractivity contribution in [1.82, 2.24) is 15.3 Å². The first-order chi connectivity index (χ1) is 16.7. The number of benzene rings is 3. The van der Waals surface area contributed by atoms with Crippen LogP contribution in [0.25, 0.3) is 22.2 Å². The Labute approximate surface area is 197 Å². The second-order valence-electron chi connectivity index (χ2n) is 8.22. The Morgan fingerprint density at radius 2 is 1.74 bits per heavy atom. The summed E-state index contributed by atoms with van der Waals surface area (Å²) in [6, 6.07) is 27.5. The fourth-order valence-electron chi connectivity index (χ4n) is 4.20. The minimum Gasteiger partial charge on any atom is -0.360 e. The topological polar surface area (TPSA) is 57.8 Å². The molecule has 0 spiro atoms. The maximum Gasteiger partial charge on any atom is 0.186 e. The summed E-state index contributed by atoms with van der Waals surface area (Å²) in [5.74, 6) is -0.248. The lowest BCUT2D eigenvalue weighted by molar-refractivity contribution is 0.0945. The van der Waals surface area contributed by atoms with E-state index in [1.807, 2.05) is 66.7 Å². The molecule has 0 aliphatic rings. The van der Waals surface area contributed by atoms with Crippen LogP contribution in [0, 0.1) is 5.82 Å². The number of carbonyl (C=O) groups excluding carboxylic acids is 1. The molecule has 5 rings (SSSR count). The van der Waals surface area contributed by atoms with E-state index in [0.29, 0.717) is 18.5 Å². The third-order valence-electron chi connectivity index (χ3n) is 5.98. The van der Waals surface area contributed by atoms with E-state index in [2.05, 4.69) is 15.3 Å². The smallest absolute Gasteiger partial charge is 0.186 e. The molecule has 0 fully saturated rings. The van der Waals surface area contributed by atoms with E-state index >= 15 is 0 Å². The molecule has 0 bridgehead atoms. The number of nitrogens with one attached hydrogen (secondary N) is 2. The number of halogens is 1. The van der Waals surface area contributed by atoms with Gasteiger partial charge in [-0.05, 0) is 47.9 Å². The molecule has 2 heterocycles. The summed E-state index contributed by atoms with van der Waals surface area (Å²) in [6.07, 6.45) is 4.25. The van der Waals surface area contributed by atoms with Gasteiger partial charge in [0.15, 0.2) is 5.78 Å². The number of aromatic amines is 1. The van der Waals surface area contributed by atoms with Gasteiger partial charge < -0.3 is 10.3 Å². The highest BCUT2D eigenvalue weighted by atomic mass is 19.1. The van der Waals surface area contributed by atoms with Gasteiger partial charge in [0, 0.05) is 41.0 Å². The SMILES string of the molecule is O=C(c1c[nH]c2cc(-c3ccccn3)ccc12)C(NCCc1ccc(F)cc1)c1ccccc1. The van der Waals surface area contributed by atoms with Crippen LogP contribution in [0.5, 0.6) is 0 Å². The number of fused-ring (bicyclic) bond motifs is 1. The molecule has 0 saturated carbocycles. The lowest BCUT2D eigenvalue weighted by atomic mass is 9.96. The highest BCUT2D eigenvalue weighted by Gasteiger charge is 2.24. The molecular formula is C29H24FN3O. The van der Waals surface area contributed by atoms with Crippen molar-refractivity contribution in [2.75, 3.05) is 6.54 Å². The molecule has 2 aromatic heterocycles. The van der Waals surface area contributed by atoms with Gasteiger partial charge in [-0.25, -0.2) is 4.39 Å². The minimum atomic E-state index is -0.490. The average Bonchev–Trinajstić information content (AvgIpc) is 3.32. The molecule has 1 unspecified atom stereocenters. The van der Waals surface area contributed by atoms with Crippen LogP contribution in [-0.4, -0.2) is 22.3 Å². The van der Waals surface area contributed by atoms with Gasteiger partial charge in [0.05, 0.1) is 11.7 Å². The Balaban J connectivity index is 1.40. The molecule has 3 aromatic carbocycles. The summed E-state index contributed by atoms with van der Waals surface area (Å²) in [5, 5.41) is 4.30. The molecule has 0 amide bonds. The normalized spacial score (nSPS) is 12.0. The zero-order valence-corrected chi connectivity index (χ0v) is 18.5. The molecule has 2 N–H and O–H groups in total. The summed E-state index contributed by atoms with van der Waals surface area (Å²) >= 11 is 0. The fourth-order valence-corrected chi connectivity index (χ4v) is 4.20. The van der Waals surface area contributed by atoms with Gasteiger partial charge in [-0.15, -0.1) is 0 Å². The molecule has 0 aliphatic carbocycles. The Kier molecular flexibility index (Phi) is 6.27. The van der Waals surface area contributed by atoms with E-state index in [1.54, 1.807) is 24.5 Å². The van der Waals surface area contributed by atoms with Crippen LogP contribution < -0.4 is 5.32 Å². The predicted molar refractivity (Wildman–Crippen MR) is 133 cm³/mol. The van der Waals surface area contributed by atoms with Gasteiger partial charge >= 0.3 is 0 Å². The maximum absolute atomic E-state index is 13.7. The lowest BCUT2D eigenvalue weighted by Gasteiger charge is -2.18. The van der Waals surface area contributed by atoms with E-state index in [1.165, 1.54) is 12.1 Å². The number of ketones is 1. The van der Waals surface area contributed by atoms with Crippen molar-refractivity contribution in [3.05, 3.63) is 126 Å². The summed E-state index contributed by atoms with van der Waals surface area (Å²) in [4.78, 5) is 21.4. The zero-order valence-electron chi connectivity index (χ0n) is 18.5. The van der Waals surface area contributed by atoms with E-state index in [4.69, 9.17) is 0 Å². The van der Waals surface area contributed by atoms with Crippen molar-refractivity contribution >= 4 is 16.7 Å². The average molecular weight is 450 g/mol. The number of hydrogen-bond donors (Lipinski definition) is 2. The standard InChI is InChI=1S/C29H24FN3O/c30-23-12-9-20(10-13-23)15-17-32-28(21-6-2-1-3-7-21)29(34)25-19-33-27-18-22(11-14-24(25)27)26-8-4-5-16-31-26/h1-14,16,18-19,28,32-33H,15,17H2. The third kappa shape index (κ3) is 4.65. The van der Waals surface area contributed by atoms with Gasteiger partial charge in [-0.3, -0.25) is 9.78 Å². The summed E-state index contributed by atoms with van der Waals surface area (Å²) in [5.41, 5.74) is 5.34. The number of rotatable bonds is 8. The summed E-state index contributed by atoms with van der Waals surface area (Å²) in [6.45, 7) is 0.586. The lowest BCUT2D eigenvalue weighted by Crippen LogP contribution is -2.30. The van der Waals surface area contributed by atoms with Gasteiger partial charge in [0.2, 0.25) is 0 Å². The van der Waals surface area contributed by atoms with Crippen molar-refractivity contribution in [1.29, 1.82) is 0 Å². The number of nitrogens with zero attached hydrogens (tertiary/aromatic N) is 1. The quantitative estimate of drug-likeness (QED) is 0.280. The number of Topliss-reactive ketones (excluding diaryl/α,β-unsaturated/α-hetero) is 1. The fraction of sp³-hybridized carbons (Fsp3) is 0.103. The molecular weight excluding hydrogens is 425 g/mol. The second kappa shape index (κ2) is 9.81.